The van der Waals surface area contributed by atoms with Gasteiger partial charge in [-0.05, 0) is 31.6 Å². The zero-order valence-electron chi connectivity index (χ0n) is 16.2. The molecule has 7 heteroatoms. The molecule has 3 atom stereocenters. The fraction of sp³-hybridized carbons (Fsp3) is 0.409. The minimum Gasteiger partial charge on any atom is -0.391 e. The van der Waals surface area contributed by atoms with E-state index in [9.17, 15) is 9.90 Å². The number of aliphatic hydroxyl groups excluding tert-OH is 1. The number of benzene rings is 1. The van der Waals surface area contributed by atoms with Crippen molar-refractivity contribution in [3.05, 3.63) is 60.7 Å². The monoisotopic (exact) mass is 391 g/mol. The highest BCUT2D eigenvalue weighted by molar-refractivity contribution is 5.93. The third-order valence-corrected chi connectivity index (χ3v) is 5.93. The molecule has 7 nitrogen and oxygen atoms in total. The molecule has 2 saturated carbocycles. The quantitative estimate of drug-likeness (QED) is 0.677. The Labute approximate surface area is 169 Å². The minimum absolute atomic E-state index is 0.158. The van der Waals surface area contributed by atoms with Crippen molar-refractivity contribution in [2.24, 2.45) is 5.92 Å². The first-order valence-electron chi connectivity index (χ1n) is 10.3. The van der Waals surface area contributed by atoms with Gasteiger partial charge in [0.15, 0.2) is 0 Å². The fourth-order valence-corrected chi connectivity index (χ4v) is 4.25. The second-order valence-electron chi connectivity index (χ2n) is 8.19. The number of hydrogen-bond acceptors (Lipinski definition) is 4. The van der Waals surface area contributed by atoms with Crippen LogP contribution in [0.4, 0.5) is 0 Å². The van der Waals surface area contributed by atoms with Crippen molar-refractivity contribution >= 4 is 5.91 Å². The number of amides is 1. The van der Waals surface area contributed by atoms with E-state index in [0.717, 1.165) is 37.2 Å². The first-order chi connectivity index (χ1) is 14.2. The summed E-state index contributed by atoms with van der Waals surface area (Å²) >= 11 is 0. The highest BCUT2D eigenvalue weighted by Crippen LogP contribution is 2.34. The fourth-order valence-electron chi connectivity index (χ4n) is 4.25. The summed E-state index contributed by atoms with van der Waals surface area (Å²) in [5, 5.41) is 17.8. The topological polar surface area (TPSA) is 85.0 Å². The summed E-state index contributed by atoms with van der Waals surface area (Å²) in [5.41, 5.74) is 1.64. The summed E-state index contributed by atoms with van der Waals surface area (Å²) in [6.07, 6.45) is 10.3. The molecule has 1 aromatic carbocycles. The van der Waals surface area contributed by atoms with Crippen LogP contribution in [0.3, 0.4) is 0 Å². The van der Waals surface area contributed by atoms with Gasteiger partial charge in [-0.15, -0.1) is 0 Å². The summed E-state index contributed by atoms with van der Waals surface area (Å²) in [5.74, 6) is 1.05. The van der Waals surface area contributed by atoms with E-state index >= 15 is 0 Å². The number of carbonyl (C=O) groups excluding carboxylic acids is 1. The average Bonchev–Trinajstić information content (AvgIpc) is 3.13. The summed E-state index contributed by atoms with van der Waals surface area (Å²) in [6, 6.07) is 10.3. The maximum Gasteiger partial charge on any atom is 0.254 e. The van der Waals surface area contributed by atoms with E-state index in [1.165, 1.54) is 0 Å². The molecule has 1 amide bonds. The van der Waals surface area contributed by atoms with Gasteiger partial charge in [0.2, 0.25) is 0 Å². The SMILES string of the molecule is O=C(N[C@@H]1CC(Cn2ccnc2-c2ccccc2)C[C@H]1O)c1cnn(C2CC2)c1. The van der Waals surface area contributed by atoms with Gasteiger partial charge < -0.3 is 15.0 Å². The average molecular weight is 391 g/mol. The Morgan fingerprint density at radius 2 is 2.03 bits per heavy atom. The maximum atomic E-state index is 12.6. The standard InChI is InChI=1S/C22H25N5O2/c28-20-11-15(13-26-9-8-23-21(26)16-4-2-1-3-5-16)10-19(20)25-22(29)17-12-24-27(14-17)18-6-7-18/h1-5,8-9,12,14-15,18-20,28H,6-7,10-11,13H2,(H,25,29)/t15?,19-,20-/m1/s1. The number of nitrogens with zero attached hydrogens (tertiary/aromatic N) is 4. The van der Waals surface area contributed by atoms with Gasteiger partial charge in [-0.2, -0.15) is 5.10 Å². The number of imidazole rings is 1. The molecule has 2 aliphatic carbocycles. The molecular weight excluding hydrogens is 366 g/mol. The van der Waals surface area contributed by atoms with Gasteiger partial charge in [0.25, 0.3) is 5.91 Å². The van der Waals surface area contributed by atoms with E-state index in [2.05, 4.69) is 20.0 Å². The molecule has 29 heavy (non-hydrogen) atoms. The zero-order chi connectivity index (χ0) is 19.8. The molecule has 2 N–H and O–H groups in total. The van der Waals surface area contributed by atoms with Crippen LogP contribution in [0.15, 0.2) is 55.1 Å². The van der Waals surface area contributed by atoms with Crippen molar-refractivity contribution in [1.82, 2.24) is 24.6 Å². The van der Waals surface area contributed by atoms with E-state index in [1.807, 2.05) is 53.6 Å². The lowest BCUT2D eigenvalue weighted by atomic mass is 10.1. The molecule has 1 unspecified atom stereocenters. The molecule has 5 rings (SSSR count). The second kappa shape index (κ2) is 7.48. The molecule has 0 spiro atoms. The number of nitrogens with one attached hydrogen (secondary N) is 1. The number of carbonyl (C=O) groups is 1. The Hall–Kier alpha value is -2.93. The van der Waals surface area contributed by atoms with Gasteiger partial charge in [0.05, 0.1) is 29.9 Å². The first kappa shape index (κ1) is 18.1. The summed E-state index contributed by atoms with van der Waals surface area (Å²) in [7, 11) is 0. The summed E-state index contributed by atoms with van der Waals surface area (Å²) in [6.45, 7) is 0.771. The molecule has 2 heterocycles. The van der Waals surface area contributed by atoms with E-state index in [-0.39, 0.29) is 17.9 Å². The van der Waals surface area contributed by atoms with E-state index in [1.54, 1.807) is 6.20 Å². The first-order valence-corrected chi connectivity index (χ1v) is 10.3. The summed E-state index contributed by atoms with van der Waals surface area (Å²) < 4.78 is 4.00. The Kier molecular flexibility index (Phi) is 4.67. The molecule has 0 radical (unpaired) electrons. The Balaban J connectivity index is 1.22. The normalized spacial score (nSPS) is 24.0. The van der Waals surface area contributed by atoms with E-state index < -0.39 is 6.10 Å². The maximum absolute atomic E-state index is 12.6. The molecule has 2 fully saturated rings. The molecule has 2 aliphatic rings. The van der Waals surface area contributed by atoms with Crippen molar-refractivity contribution in [2.75, 3.05) is 0 Å². The zero-order valence-corrected chi connectivity index (χ0v) is 16.2. The number of aromatic nitrogens is 4. The van der Waals surface area contributed by atoms with E-state index in [4.69, 9.17) is 0 Å². The van der Waals surface area contributed by atoms with Gasteiger partial charge in [-0.25, -0.2) is 4.98 Å². The molecule has 0 aliphatic heterocycles. The highest BCUT2D eigenvalue weighted by Gasteiger charge is 2.35. The Bertz CT molecular complexity index is 992. The highest BCUT2D eigenvalue weighted by atomic mass is 16.3. The van der Waals surface area contributed by atoms with Crippen molar-refractivity contribution in [3.8, 4) is 11.4 Å². The van der Waals surface area contributed by atoms with Crippen molar-refractivity contribution in [2.45, 2.75) is 50.4 Å². The lowest BCUT2D eigenvalue weighted by molar-refractivity contribution is 0.0872. The summed E-state index contributed by atoms with van der Waals surface area (Å²) in [4.78, 5) is 17.1. The Morgan fingerprint density at radius 3 is 2.83 bits per heavy atom. The third-order valence-electron chi connectivity index (χ3n) is 5.93. The van der Waals surface area contributed by atoms with Crippen LogP contribution >= 0.6 is 0 Å². The molecule has 2 aromatic heterocycles. The van der Waals surface area contributed by atoms with Gasteiger partial charge in [-0.3, -0.25) is 9.48 Å². The largest absolute Gasteiger partial charge is 0.391 e. The Morgan fingerprint density at radius 1 is 1.21 bits per heavy atom. The van der Waals surface area contributed by atoms with Gasteiger partial charge in [0.1, 0.15) is 5.82 Å². The van der Waals surface area contributed by atoms with Gasteiger partial charge in [0, 0.05) is 30.7 Å². The molecule has 0 saturated heterocycles. The number of aliphatic hydroxyl groups is 1. The number of rotatable bonds is 6. The van der Waals surface area contributed by atoms with Crippen molar-refractivity contribution in [3.63, 3.8) is 0 Å². The van der Waals surface area contributed by atoms with Crippen molar-refractivity contribution < 1.29 is 9.90 Å². The van der Waals surface area contributed by atoms with Crippen LogP contribution < -0.4 is 5.32 Å². The van der Waals surface area contributed by atoms with Crippen LogP contribution in [0.2, 0.25) is 0 Å². The molecule has 0 bridgehead atoms. The third kappa shape index (κ3) is 3.82. The second-order valence-corrected chi connectivity index (χ2v) is 8.19. The van der Waals surface area contributed by atoms with Crippen LogP contribution in [-0.4, -0.2) is 42.5 Å². The van der Waals surface area contributed by atoms with Crippen LogP contribution in [0, 0.1) is 5.92 Å². The lowest BCUT2D eigenvalue weighted by Gasteiger charge is -2.16. The predicted octanol–water partition coefficient (Wildman–Crippen LogP) is 2.65. The van der Waals surface area contributed by atoms with Crippen LogP contribution in [0.5, 0.6) is 0 Å². The molecule has 3 aromatic rings. The van der Waals surface area contributed by atoms with Gasteiger partial charge >= 0.3 is 0 Å². The van der Waals surface area contributed by atoms with Crippen LogP contribution in [-0.2, 0) is 6.54 Å². The molecule has 150 valence electrons. The minimum atomic E-state index is -0.536. The van der Waals surface area contributed by atoms with Crippen molar-refractivity contribution in [1.29, 1.82) is 0 Å². The van der Waals surface area contributed by atoms with Gasteiger partial charge in [-0.1, -0.05) is 30.3 Å². The van der Waals surface area contributed by atoms with Crippen LogP contribution in [0.25, 0.3) is 11.4 Å². The predicted molar refractivity (Wildman–Crippen MR) is 108 cm³/mol. The van der Waals surface area contributed by atoms with Crippen LogP contribution in [0.1, 0.15) is 42.1 Å². The molecular formula is C22H25N5O2. The number of hydrogen-bond donors (Lipinski definition) is 2. The van der Waals surface area contributed by atoms with E-state index in [0.29, 0.717) is 18.0 Å². The lowest BCUT2D eigenvalue weighted by Crippen LogP contribution is -2.39. The smallest absolute Gasteiger partial charge is 0.254 e.